The lowest BCUT2D eigenvalue weighted by Gasteiger charge is -2.31. The zero-order chi connectivity index (χ0) is 22.0. The SMILES string of the molecule is CCOC(=O)C(CBr)(OC(=O)CNC(=O)c1ccccc1)C(=O)NC1CCCCC1. The van der Waals surface area contributed by atoms with Crippen molar-refractivity contribution in [1.82, 2.24) is 10.6 Å². The Morgan fingerprint density at radius 1 is 1.10 bits per heavy atom. The molecule has 0 radical (unpaired) electrons. The lowest BCUT2D eigenvalue weighted by atomic mass is 9.94. The Morgan fingerprint density at radius 2 is 1.77 bits per heavy atom. The third kappa shape index (κ3) is 6.29. The van der Waals surface area contributed by atoms with Crippen molar-refractivity contribution in [3.05, 3.63) is 35.9 Å². The minimum Gasteiger partial charge on any atom is -0.463 e. The molecule has 0 spiro atoms. The van der Waals surface area contributed by atoms with Crippen LogP contribution in [0.4, 0.5) is 0 Å². The van der Waals surface area contributed by atoms with Crippen molar-refractivity contribution < 1.29 is 28.7 Å². The highest BCUT2D eigenvalue weighted by Crippen LogP contribution is 2.22. The fraction of sp³-hybridized carbons (Fsp3) is 0.524. The van der Waals surface area contributed by atoms with E-state index in [9.17, 15) is 19.2 Å². The number of ether oxygens (including phenoxy) is 2. The van der Waals surface area contributed by atoms with Gasteiger partial charge in [-0.3, -0.25) is 14.4 Å². The monoisotopic (exact) mass is 482 g/mol. The van der Waals surface area contributed by atoms with Crippen molar-refractivity contribution in [3.63, 3.8) is 0 Å². The molecule has 1 aromatic rings. The van der Waals surface area contributed by atoms with Crippen LogP contribution in [0.2, 0.25) is 0 Å². The standard InChI is InChI=1S/C21H27BrN2O6/c1-2-29-20(28)21(14-22,19(27)24-16-11-7-4-8-12-16)30-17(25)13-23-18(26)15-9-5-3-6-10-15/h3,5-6,9-10,16H,2,4,7-8,11-14H2,1H3,(H,23,26)(H,24,27). The zero-order valence-corrected chi connectivity index (χ0v) is 18.5. The predicted molar refractivity (Wildman–Crippen MR) is 113 cm³/mol. The maximum absolute atomic E-state index is 13.0. The first kappa shape index (κ1) is 23.9. The third-order valence-electron chi connectivity index (χ3n) is 4.82. The first-order valence-corrected chi connectivity index (χ1v) is 11.1. The molecule has 1 aliphatic carbocycles. The van der Waals surface area contributed by atoms with E-state index in [0.29, 0.717) is 5.56 Å². The van der Waals surface area contributed by atoms with Crippen molar-refractivity contribution in [3.8, 4) is 0 Å². The molecule has 1 unspecified atom stereocenters. The molecule has 30 heavy (non-hydrogen) atoms. The van der Waals surface area contributed by atoms with Gasteiger partial charge >= 0.3 is 11.9 Å². The second-order valence-corrected chi connectivity index (χ2v) is 7.57. The van der Waals surface area contributed by atoms with Crippen molar-refractivity contribution in [2.75, 3.05) is 18.5 Å². The molecule has 1 atom stereocenters. The van der Waals surface area contributed by atoms with Gasteiger partial charge in [0.25, 0.3) is 17.4 Å². The van der Waals surface area contributed by atoms with Gasteiger partial charge in [-0.1, -0.05) is 53.4 Å². The van der Waals surface area contributed by atoms with Gasteiger partial charge in [-0.05, 0) is 31.9 Å². The lowest BCUT2D eigenvalue weighted by Crippen LogP contribution is -2.60. The molecule has 8 nitrogen and oxygen atoms in total. The van der Waals surface area contributed by atoms with Crippen LogP contribution in [0.3, 0.4) is 0 Å². The Hall–Kier alpha value is -2.42. The molecule has 2 rings (SSSR count). The summed E-state index contributed by atoms with van der Waals surface area (Å²) in [5.41, 5.74) is -1.79. The average Bonchev–Trinajstić information content (AvgIpc) is 2.77. The van der Waals surface area contributed by atoms with Gasteiger partial charge in [0.15, 0.2) is 0 Å². The number of carbonyl (C=O) groups excluding carboxylic acids is 4. The summed E-state index contributed by atoms with van der Waals surface area (Å²) in [6.07, 6.45) is 4.67. The van der Waals surface area contributed by atoms with Crippen molar-refractivity contribution in [2.45, 2.75) is 50.7 Å². The Labute approximate surface area is 184 Å². The van der Waals surface area contributed by atoms with Gasteiger partial charge in [-0.2, -0.15) is 0 Å². The number of alkyl halides is 1. The quantitative estimate of drug-likeness (QED) is 0.316. The van der Waals surface area contributed by atoms with Crippen molar-refractivity contribution in [1.29, 1.82) is 0 Å². The minimum atomic E-state index is -2.16. The molecule has 2 N–H and O–H groups in total. The van der Waals surface area contributed by atoms with Gasteiger partial charge in [-0.15, -0.1) is 0 Å². The normalized spacial score (nSPS) is 16.1. The maximum atomic E-state index is 13.0. The Balaban J connectivity index is 2.07. The van der Waals surface area contributed by atoms with Crippen molar-refractivity contribution in [2.24, 2.45) is 0 Å². The molecule has 1 aliphatic rings. The van der Waals surface area contributed by atoms with Crippen LogP contribution in [0, 0.1) is 0 Å². The van der Waals surface area contributed by atoms with Gasteiger partial charge in [-0.25, -0.2) is 4.79 Å². The van der Waals surface area contributed by atoms with Crippen LogP contribution in [0.25, 0.3) is 0 Å². The summed E-state index contributed by atoms with van der Waals surface area (Å²) in [4.78, 5) is 50.1. The minimum absolute atomic E-state index is 0.0204. The van der Waals surface area contributed by atoms with Crippen LogP contribution in [0.5, 0.6) is 0 Å². The van der Waals surface area contributed by atoms with Crippen LogP contribution in [0.1, 0.15) is 49.4 Å². The van der Waals surface area contributed by atoms with Crippen molar-refractivity contribution >= 4 is 39.7 Å². The van der Waals surface area contributed by atoms with E-state index >= 15 is 0 Å². The number of amides is 2. The first-order valence-electron chi connectivity index (χ1n) is 10.0. The number of esters is 2. The lowest BCUT2D eigenvalue weighted by molar-refractivity contribution is -0.183. The highest BCUT2D eigenvalue weighted by atomic mass is 79.9. The molecule has 1 aromatic carbocycles. The van der Waals surface area contributed by atoms with Crippen LogP contribution in [-0.2, 0) is 23.9 Å². The molecule has 9 heteroatoms. The van der Waals surface area contributed by atoms with Gasteiger partial charge in [0.1, 0.15) is 6.54 Å². The number of hydrogen-bond acceptors (Lipinski definition) is 6. The summed E-state index contributed by atoms with van der Waals surface area (Å²) in [5, 5.41) is 4.97. The number of hydrogen-bond donors (Lipinski definition) is 2. The smallest absolute Gasteiger partial charge is 0.361 e. The summed E-state index contributed by atoms with van der Waals surface area (Å²) in [6, 6.07) is 8.26. The van der Waals surface area contributed by atoms with Gasteiger partial charge < -0.3 is 20.1 Å². The molecule has 0 heterocycles. The van der Waals surface area contributed by atoms with Gasteiger partial charge in [0.05, 0.1) is 11.9 Å². The van der Waals surface area contributed by atoms with E-state index in [1.165, 1.54) is 0 Å². The summed E-state index contributed by atoms with van der Waals surface area (Å²) in [5.74, 6) is -3.09. The average molecular weight is 483 g/mol. The topological polar surface area (TPSA) is 111 Å². The Bertz CT molecular complexity index is 751. The fourth-order valence-corrected chi connectivity index (χ4v) is 3.79. The van der Waals surface area contributed by atoms with E-state index in [-0.39, 0.29) is 18.0 Å². The van der Waals surface area contributed by atoms with E-state index < -0.39 is 35.9 Å². The molecule has 164 valence electrons. The maximum Gasteiger partial charge on any atom is 0.361 e. The van der Waals surface area contributed by atoms with Crippen LogP contribution in [-0.4, -0.2) is 53.9 Å². The third-order valence-corrected chi connectivity index (χ3v) is 5.61. The molecule has 1 saturated carbocycles. The summed E-state index contributed by atoms with van der Waals surface area (Å²) >= 11 is 3.13. The van der Waals surface area contributed by atoms with E-state index in [0.717, 1.165) is 32.1 Å². The number of nitrogens with one attached hydrogen (secondary N) is 2. The highest BCUT2D eigenvalue weighted by Gasteiger charge is 2.51. The van der Waals surface area contributed by atoms with E-state index in [1.807, 2.05) is 0 Å². The highest BCUT2D eigenvalue weighted by molar-refractivity contribution is 9.09. The summed E-state index contributed by atoms with van der Waals surface area (Å²) in [7, 11) is 0. The molecule has 0 aromatic heterocycles. The first-order chi connectivity index (χ1) is 14.4. The number of rotatable bonds is 9. The van der Waals surface area contributed by atoms with Crippen LogP contribution in [0.15, 0.2) is 30.3 Å². The number of carbonyl (C=O) groups is 4. The van der Waals surface area contributed by atoms with Gasteiger partial charge in [0, 0.05) is 11.6 Å². The number of halogens is 1. The second-order valence-electron chi connectivity index (χ2n) is 7.01. The predicted octanol–water partition coefficient (Wildman–Crippen LogP) is 2.11. The zero-order valence-electron chi connectivity index (χ0n) is 16.9. The molecule has 1 fully saturated rings. The fourth-order valence-electron chi connectivity index (χ4n) is 3.19. The molecular formula is C21H27BrN2O6. The number of benzene rings is 1. The molecule has 0 bridgehead atoms. The van der Waals surface area contributed by atoms with Gasteiger partial charge in [0.2, 0.25) is 0 Å². The Morgan fingerprint density at radius 3 is 2.37 bits per heavy atom. The molecule has 0 aliphatic heterocycles. The second kappa shape index (κ2) is 11.7. The van der Waals surface area contributed by atoms with E-state index in [1.54, 1.807) is 37.3 Å². The van der Waals surface area contributed by atoms with E-state index in [2.05, 4.69) is 26.6 Å². The van der Waals surface area contributed by atoms with E-state index in [4.69, 9.17) is 9.47 Å². The molecular weight excluding hydrogens is 456 g/mol. The van der Waals surface area contributed by atoms with Crippen LogP contribution < -0.4 is 10.6 Å². The largest absolute Gasteiger partial charge is 0.463 e. The summed E-state index contributed by atoms with van der Waals surface area (Å²) in [6.45, 7) is 1.11. The molecule has 0 saturated heterocycles. The summed E-state index contributed by atoms with van der Waals surface area (Å²) < 4.78 is 10.3. The molecule has 2 amide bonds. The Kier molecular flexibility index (Phi) is 9.29. The van der Waals surface area contributed by atoms with Crippen LogP contribution >= 0.6 is 15.9 Å².